The molecule has 2 aromatic heterocycles. The molecule has 5 rings (SSSR count). The van der Waals surface area contributed by atoms with Crippen molar-refractivity contribution in [2.24, 2.45) is 0 Å². The summed E-state index contributed by atoms with van der Waals surface area (Å²) in [4.78, 5) is 11.9. The van der Waals surface area contributed by atoms with E-state index in [4.69, 9.17) is 4.98 Å². The first-order valence-corrected chi connectivity index (χ1v) is 10.4. The number of nitrogens with one attached hydrogen (secondary N) is 2. The average Bonchev–Trinajstić information content (AvgIpc) is 3.16. The molecule has 3 heterocycles. The Bertz CT molecular complexity index is 1080. The predicted octanol–water partition coefficient (Wildman–Crippen LogP) is 4.38. The van der Waals surface area contributed by atoms with Gasteiger partial charge in [0, 0.05) is 26.1 Å². The molecule has 6 heteroatoms. The molecule has 1 aliphatic carbocycles. The van der Waals surface area contributed by atoms with Crippen molar-refractivity contribution in [1.82, 2.24) is 20.2 Å². The minimum atomic E-state index is 0.656. The molecule has 0 saturated heterocycles. The number of hydrogen-bond acceptors (Lipinski definition) is 5. The van der Waals surface area contributed by atoms with Gasteiger partial charge in [-0.1, -0.05) is 48.1 Å². The highest BCUT2D eigenvalue weighted by molar-refractivity contribution is 5.91. The van der Waals surface area contributed by atoms with Crippen LogP contribution in [0.2, 0.25) is 0 Å². The Morgan fingerprint density at radius 3 is 2.90 bits per heavy atom. The Morgan fingerprint density at radius 2 is 2.03 bits per heavy atom. The fourth-order valence-corrected chi connectivity index (χ4v) is 4.20. The third-order valence-electron chi connectivity index (χ3n) is 5.85. The van der Waals surface area contributed by atoms with Crippen LogP contribution < -0.4 is 10.2 Å². The van der Waals surface area contributed by atoms with E-state index in [0.29, 0.717) is 5.95 Å². The van der Waals surface area contributed by atoms with Crippen LogP contribution in [-0.2, 0) is 13.0 Å². The van der Waals surface area contributed by atoms with Crippen molar-refractivity contribution >= 4 is 22.8 Å². The maximum absolute atomic E-state index is 4.89. The number of allylic oxidation sites excluding steroid dienone is 3. The van der Waals surface area contributed by atoms with Crippen LogP contribution >= 0.6 is 0 Å². The number of aromatic nitrogens is 4. The summed E-state index contributed by atoms with van der Waals surface area (Å²) in [5, 5.41) is 12.1. The number of rotatable bonds is 6. The maximum Gasteiger partial charge on any atom is 0.226 e. The van der Waals surface area contributed by atoms with Crippen LogP contribution in [0, 0.1) is 0 Å². The molecule has 148 valence electrons. The molecule has 6 nitrogen and oxygen atoms in total. The number of aromatic amines is 1. The normalized spacial score (nSPS) is 16.0. The highest BCUT2D eigenvalue weighted by Gasteiger charge is 2.24. The first-order valence-electron chi connectivity index (χ1n) is 10.4. The lowest BCUT2D eigenvalue weighted by molar-refractivity contribution is 0.747. The fraction of sp³-hybridized carbons (Fsp3) is 0.348. The summed E-state index contributed by atoms with van der Waals surface area (Å²) in [7, 11) is 0. The number of H-pyrrole nitrogens is 1. The summed E-state index contributed by atoms with van der Waals surface area (Å²) in [6.07, 6.45) is 8.77. The largest absolute Gasteiger partial charge is 0.354 e. The summed E-state index contributed by atoms with van der Waals surface area (Å²) in [5.74, 6) is 1.63. The van der Waals surface area contributed by atoms with Gasteiger partial charge in [-0.3, -0.25) is 5.10 Å². The van der Waals surface area contributed by atoms with Crippen molar-refractivity contribution in [3.05, 3.63) is 64.9 Å². The first-order chi connectivity index (χ1) is 14.3. The first kappa shape index (κ1) is 17.9. The second kappa shape index (κ2) is 7.70. The second-order valence-corrected chi connectivity index (χ2v) is 7.85. The number of nitrogens with zero attached hydrogens (tertiary/aromatic N) is 4. The van der Waals surface area contributed by atoms with E-state index in [1.54, 1.807) is 0 Å². The zero-order valence-corrected chi connectivity index (χ0v) is 16.8. The zero-order valence-electron chi connectivity index (χ0n) is 16.8. The Balaban J connectivity index is 1.38. The zero-order chi connectivity index (χ0) is 19.6. The summed E-state index contributed by atoms with van der Waals surface area (Å²) in [6.45, 7) is 4.82. The van der Waals surface area contributed by atoms with Crippen molar-refractivity contribution in [2.45, 2.75) is 39.2 Å². The fourth-order valence-electron chi connectivity index (χ4n) is 4.20. The third-order valence-corrected chi connectivity index (χ3v) is 5.85. The second-order valence-electron chi connectivity index (χ2n) is 7.85. The van der Waals surface area contributed by atoms with E-state index in [0.717, 1.165) is 61.4 Å². The lowest BCUT2D eigenvalue weighted by Gasteiger charge is -2.28. The minimum absolute atomic E-state index is 0.656. The van der Waals surface area contributed by atoms with E-state index < -0.39 is 0 Å². The molecule has 2 aliphatic rings. The smallest absolute Gasteiger partial charge is 0.226 e. The summed E-state index contributed by atoms with van der Waals surface area (Å²) in [5.41, 5.74) is 6.09. The van der Waals surface area contributed by atoms with Crippen molar-refractivity contribution < 1.29 is 0 Å². The van der Waals surface area contributed by atoms with Crippen LogP contribution in [0.15, 0.2) is 53.6 Å². The Hall–Kier alpha value is -3.15. The number of benzene rings is 1. The van der Waals surface area contributed by atoms with Crippen LogP contribution in [0.3, 0.4) is 0 Å². The van der Waals surface area contributed by atoms with Gasteiger partial charge in [0.15, 0.2) is 5.65 Å². The van der Waals surface area contributed by atoms with Gasteiger partial charge >= 0.3 is 0 Å². The lowest BCUT2D eigenvalue weighted by Crippen LogP contribution is -2.29. The molecule has 2 N–H and O–H groups in total. The van der Waals surface area contributed by atoms with Gasteiger partial charge in [0.1, 0.15) is 5.82 Å². The molecule has 0 spiro atoms. The standard InChI is InChI=1S/C23H26N6/c1-16-7-5-6-10-18(16)11-13-24-23-25-21-20-19(27-28-21)12-14-29(22(20)26-23)15-17-8-3-2-4-9-17/h2-4,6,8-10H,5,7,11-15H2,1H3,(H2,24,25,26,27,28). The van der Waals surface area contributed by atoms with Crippen molar-refractivity contribution in [3.63, 3.8) is 0 Å². The van der Waals surface area contributed by atoms with E-state index in [1.807, 2.05) is 0 Å². The molecular weight excluding hydrogens is 360 g/mol. The molecule has 0 fully saturated rings. The summed E-state index contributed by atoms with van der Waals surface area (Å²) >= 11 is 0. The monoisotopic (exact) mass is 386 g/mol. The predicted molar refractivity (Wildman–Crippen MR) is 117 cm³/mol. The van der Waals surface area contributed by atoms with Crippen LogP contribution in [0.5, 0.6) is 0 Å². The Kier molecular flexibility index (Phi) is 4.76. The molecule has 0 bridgehead atoms. The van der Waals surface area contributed by atoms with Gasteiger partial charge in [-0.15, -0.1) is 0 Å². The van der Waals surface area contributed by atoms with Crippen LogP contribution in [0.25, 0.3) is 11.0 Å². The van der Waals surface area contributed by atoms with Gasteiger partial charge in [0.25, 0.3) is 0 Å². The van der Waals surface area contributed by atoms with Crippen LogP contribution in [0.1, 0.15) is 37.4 Å². The van der Waals surface area contributed by atoms with Gasteiger partial charge in [-0.05, 0) is 37.3 Å². The van der Waals surface area contributed by atoms with Gasteiger partial charge in [-0.25, -0.2) is 0 Å². The Labute approximate surface area is 170 Å². The minimum Gasteiger partial charge on any atom is -0.354 e. The molecule has 0 saturated carbocycles. The molecule has 29 heavy (non-hydrogen) atoms. The van der Waals surface area contributed by atoms with E-state index in [2.05, 4.69) is 74.8 Å². The van der Waals surface area contributed by atoms with E-state index in [-0.39, 0.29) is 0 Å². The van der Waals surface area contributed by atoms with Gasteiger partial charge in [0.05, 0.1) is 11.1 Å². The summed E-state index contributed by atoms with van der Waals surface area (Å²) < 4.78 is 0. The number of anilines is 2. The maximum atomic E-state index is 4.89. The van der Waals surface area contributed by atoms with E-state index in [1.165, 1.54) is 23.1 Å². The van der Waals surface area contributed by atoms with E-state index >= 15 is 0 Å². The van der Waals surface area contributed by atoms with Gasteiger partial charge in [-0.2, -0.15) is 15.1 Å². The number of hydrogen-bond donors (Lipinski definition) is 2. The molecule has 0 amide bonds. The SMILES string of the molecule is CC1=C(CCNc2nc3c4c([nH]nc4n2)CCN3Cc2ccccc2)C=CCC1. The molecule has 1 aromatic carbocycles. The van der Waals surface area contributed by atoms with E-state index in [9.17, 15) is 0 Å². The van der Waals surface area contributed by atoms with Crippen molar-refractivity contribution in [1.29, 1.82) is 0 Å². The lowest BCUT2D eigenvalue weighted by atomic mass is 9.97. The topological polar surface area (TPSA) is 69.7 Å². The van der Waals surface area contributed by atoms with Gasteiger partial charge in [0.2, 0.25) is 5.95 Å². The highest BCUT2D eigenvalue weighted by Crippen LogP contribution is 2.32. The van der Waals surface area contributed by atoms with Crippen molar-refractivity contribution in [3.8, 4) is 0 Å². The molecule has 0 atom stereocenters. The Morgan fingerprint density at radius 1 is 1.14 bits per heavy atom. The van der Waals surface area contributed by atoms with Gasteiger partial charge < -0.3 is 10.2 Å². The molecule has 3 aromatic rings. The van der Waals surface area contributed by atoms with Crippen LogP contribution in [0.4, 0.5) is 11.8 Å². The molecule has 0 unspecified atom stereocenters. The van der Waals surface area contributed by atoms with Crippen molar-refractivity contribution in [2.75, 3.05) is 23.3 Å². The molecule has 0 radical (unpaired) electrons. The quantitative estimate of drug-likeness (QED) is 0.658. The molecular formula is C23H26N6. The average molecular weight is 387 g/mol. The summed E-state index contributed by atoms with van der Waals surface area (Å²) in [6, 6.07) is 10.5. The highest BCUT2D eigenvalue weighted by atomic mass is 15.3. The third kappa shape index (κ3) is 3.62. The van der Waals surface area contributed by atoms with Crippen LogP contribution in [-0.4, -0.2) is 33.3 Å². The molecule has 1 aliphatic heterocycles.